The van der Waals surface area contributed by atoms with Crippen molar-refractivity contribution in [2.24, 2.45) is 7.05 Å². The minimum Gasteiger partial charge on any atom is -0.467 e. The predicted octanol–water partition coefficient (Wildman–Crippen LogP) is 0.171. The summed E-state index contributed by atoms with van der Waals surface area (Å²) in [4.78, 5) is 11.4. The lowest BCUT2D eigenvalue weighted by Crippen LogP contribution is -2.24. The van der Waals surface area contributed by atoms with Crippen molar-refractivity contribution >= 4 is 0 Å². The number of methoxy groups -OCH3 is 1. The number of ether oxygens (including phenoxy) is 1. The van der Waals surface area contributed by atoms with E-state index in [1.165, 1.54) is 16.4 Å². The van der Waals surface area contributed by atoms with Crippen LogP contribution in [-0.2, 0) is 7.05 Å². The number of aryl methyl sites for hydroxylation is 1. The molecule has 0 aromatic carbocycles. The molecule has 1 rings (SSSR count). The predicted molar refractivity (Wildman–Crippen MR) is 44.4 cm³/mol. The highest BCUT2D eigenvalue weighted by molar-refractivity contribution is 4.94. The molecule has 0 unspecified atom stereocenters. The molecular weight excluding hydrogens is 158 g/mol. The Morgan fingerprint density at radius 1 is 1.50 bits per heavy atom. The standard InChI is InChI=1S/C7H13N3O2/c1-5(2)10-6(12-4)8-9(3)7(10)11/h5H,1-4H3. The van der Waals surface area contributed by atoms with Crippen LogP contribution in [-0.4, -0.2) is 21.5 Å². The van der Waals surface area contributed by atoms with Crippen LogP contribution in [0.2, 0.25) is 0 Å². The molecule has 5 nitrogen and oxygen atoms in total. The Balaban J connectivity index is 3.31. The molecule has 0 N–H and O–H groups in total. The fourth-order valence-electron chi connectivity index (χ4n) is 1.04. The fourth-order valence-corrected chi connectivity index (χ4v) is 1.04. The molecule has 1 heterocycles. The van der Waals surface area contributed by atoms with Gasteiger partial charge in [0.15, 0.2) is 0 Å². The largest absolute Gasteiger partial charge is 0.467 e. The van der Waals surface area contributed by atoms with Gasteiger partial charge in [-0.2, -0.15) is 0 Å². The van der Waals surface area contributed by atoms with Crippen LogP contribution in [0.25, 0.3) is 0 Å². The van der Waals surface area contributed by atoms with Crippen molar-refractivity contribution in [3.8, 4) is 6.01 Å². The molecule has 0 saturated carbocycles. The maximum Gasteiger partial charge on any atom is 0.348 e. The second-order valence-electron chi connectivity index (χ2n) is 2.86. The zero-order valence-electron chi connectivity index (χ0n) is 7.74. The second-order valence-corrected chi connectivity index (χ2v) is 2.86. The summed E-state index contributed by atoms with van der Waals surface area (Å²) < 4.78 is 7.70. The van der Waals surface area contributed by atoms with Gasteiger partial charge in [-0.1, -0.05) is 0 Å². The van der Waals surface area contributed by atoms with Crippen LogP contribution >= 0.6 is 0 Å². The molecule has 0 atom stereocenters. The van der Waals surface area contributed by atoms with Gasteiger partial charge in [-0.25, -0.2) is 14.0 Å². The molecule has 0 saturated heterocycles. The normalized spacial score (nSPS) is 10.8. The lowest BCUT2D eigenvalue weighted by atomic mass is 10.4. The van der Waals surface area contributed by atoms with Crippen LogP contribution < -0.4 is 10.4 Å². The van der Waals surface area contributed by atoms with Gasteiger partial charge in [0, 0.05) is 13.1 Å². The summed E-state index contributed by atoms with van der Waals surface area (Å²) in [5, 5.41) is 3.89. The van der Waals surface area contributed by atoms with E-state index in [2.05, 4.69) is 5.10 Å². The topological polar surface area (TPSA) is 49.1 Å². The second kappa shape index (κ2) is 3.00. The van der Waals surface area contributed by atoms with Gasteiger partial charge >= 0.3 is 11.7 Å². The molecule has 0 bridgehead atoms. The van der Waals surface area contributed by atoms with E-state index in [0.29, 0.717) is 6.01 Å². The maximum atomic E-state index is 11.4. The summed E-state index contributed by atoms with van der Waals surface area (Å²) in [5.74, 6) is 0. The molecule has 0 aliphatic carbocycles. The Bertz CT molecular complexity index is 324. The van der Waals surface area contributed by atoms with Gasteiger partial charge in [-0.05, 0) is 13.8 Å². The Kier molecular flexibility index (Phi) is 2.21. The molecule has 5 heteroatoms. The number of rotatable bonds is 2. The molecule has 1 aromatic rings. The first kappa shape index (κ1) is 8.83. The van der Waals surface area contributed by atoms with E-state index in [1.54, 1.807) is 7.05 Å². The highest BCUT2D eigenvalue weighted by Crippen LogP contribution is 2.09. The average Bonchev–Trinajstić information content (AvgIpc) is 2.28. The van der Waals surface area contributed by atoms with Crippen molar-refractivity contribution in [2.75, 3.05) is 7.11 Å². The van der Waals surface area contributed by atoms with Gasteiger partial charge in [0.2, 0.25) is 0 Å². The average molecular weight is 171 g/mol. The Morgan fingerprint density at radius 3 is 2.42 bits per heavy atom. The zero-order chi connectivity index (χ0) is 9.30. The summed E-state index contributed by atoms with van der Waals surface area (Å²) in [6, 6.07) is 0.429. The Labute approximate surface area is 70.6 Å². The third kappa shape index (κ3) is 1.22. The van der Waals surface area contributed by atoms with Crippen LogP contribution in [0.4, 0.5) is 0 Å². The monoisotopic (exact) mass is 171 g/mol. The summed E-state index contributed by atoms with van der Waals surface area (Å²) in [6.45, 7) is 3.82. The lowest BCUT2D eigenvalue weighted by molar-refractivity contribution is 0.342. The van der Waals surface area contributed by atoms with Crippen molar-refractivity contribution in [3.05, 3.63) is 10.5 Å². The fraction of sp³-hybridized carbons (Fsp3) is 0.714. The molecule has 68 valence electrons. The van der Waals surface area contributed by atoms with E-state index in [-0.39, 0.29) is 11.7 Å². The molecule has 0 spiro atoms. The number of nitrogens with zero attached hydrogens (tertiary/aromatic N) is 3. The quantitative estimate of drug-likeness (QED) is 0.637. The number of aromatic nitrogens is 3. The van der Waals surface area contributed by atoms with Gasteiger partial charge < -0.3 is 4.74 Å². The van der Waals surface area contributed by atoms with E-state index in [9.17, 15) is 4.79 Å². The first-order valence-electron chi connectivity index (χ1n) is 3.77. The molecule has 0 radical (unpaired) electrons. The molecule has 0 aliphatic heterocycles. The summed E-state index contributed by atoms with van der Waals surface area (Å²) in [7, 11) is 3.10. The van der Waals surface area contributed by atoms with E-state index in [1.807, 2.05) is 13.8 Å². The highest BCUT2D eigenvalue weighted by atomic mass is 16.5. The number of hydrogen-bond acceptors (Lipinski definition) is 3. The van der Waals surface area contributed by atoms with E-state index in [0.717, 1.165) is 0 Å². The first-order valence-corrected chi connectivity index (χ1v) is 3.77. The maximum absolute atomic E-state index is 11.4. The van der Waals surface area contributed by atoms with E-state index < -0.39 is 0 Å². The molecule has 0 amide bonds. The molecule has 12 heavy (non-hydrogen) atoms. The smallest absolute Gasteiger partial charge is 0.348 e. The van der Waals surface area contributed by atoms with Crippen molar-refractivity contribution in [1.82, 2.24) is 14.3 Å². The van der Waals surface area contributed by atoms with Crippen LogP contribution in [0.15, 0.2) is 4.79 Å². The van der Waals surface area contributed by atoms with Gasteiger partial charge in [0.25, 0.3) is 0 Å². The van der Waals surface area contributed by atoms with Crippen LogP contribution in [0, 0.1) is 0 Å². The highest BCUT2D eigenvalue weighted by Gasteiger charge is 2.13. The minimum absolute atomic E-state index is 0.0705. The van der Waals surface area contributed by atoms with Gasteiger partial charge in [0.1, 0.15) is 0 Å². The van der Waals surface area contributed by atoms with Crippen molar-refractivity contribution < 1.29 is 4.74 Å². The lowest BCUT2D eigenvalue weighted by Gasteiger charge is -2.06. The van der Waals surface area contributed by atoms with Crippen LogP contribution in [0.5, 0.6) is 6.01 Å². The molecular formula is C7H13N3O2. The SMILES string of the molecule is COc1nn(C)c(=O)n1C(C)C. The summed E-state index contributed by atoms with van der Waals surface area (Å²) in [6.07, 6.45) is 0. The van der Waals surface area contributed by atoms with Gasteiger partial charge in [-0.3, -0.25) is 0 Å². The van der Waals surface area contributed by atoms with Gasteiger partial charge in [0.05, 0.1) is 7.11 Å². The first-order chi connectivity index (χ1) is 5.57. The Morgan fingerprint density at radius 2 is 2.08 bits per heavy atom. The minimum atomic E-state index is -0.151. The molecule has 0 fully saturated rings. The number of hydrogen-bond donors (Lipinski definition) is 0. The third-order valence-electron chi connectivity index (χ3n) is 1.62. The van der Waals surface area contributed by atoms with Crippen LogP contribution in [0.1, 0.15) is 19.9 Å². The van der Waals surface area contributed by atoms with E-state index >= 15 is 0 Å². The Hall–Kier alpha value is -1.26. The molecule has 0 aliphatic rings. The van der Waals surface area contributed by atoms with Crippen LogP contribution in [0.3, 0.4) is 0 Å². The summed E-state index contributed by atoms with van der Waals surface area (Å²) >= 11 is 0. The molecule has 1 aromatic heterocycles. The summed E-state index contributed by atoms with van der Waals surface area (Å²) in [5.41, 5.74) is -0.151. The zero-order valence-corrected chi connectivity index (χ0v) is 7.74. The third-order valence-corrected chi connectivity index (χ3v) is 1.62. The van der Waals surface area contributed by atoms with Crippen molar-refractivity contribution in [1.29, 1.82) is 0 Å². The van der Waals surface area contributed by atoms with Crippen molar-refractivity contribution in [3.63, 3.8) is 0 Å². The van der Waals surface area contributed by atoms with Gasteiger partial charge in [-0.15, -0.1) is 5.10 Å². The van der Waals surface area contributed by atoms with E-state index in [4.69, 9.17) is 4.74 Å². The van der Waals surface area contributed by atoms with Crippen molar-refractivity contribution in [2.45, 2.75) is 19.9 Å².